The number of carbonyl (C=O) groups excluding carboxylic acids is 1. The van der Waals surface area contributed by atoms with E-state index in [0.29, 0.717) is 36.3 Å². The van der Waals surface area contributed by atoms with Gasteiger partial charge < -0.3 is 14.6 Å². The smallest absolute Gasteiger partial charge is 0.249 e. The summed E-state index contributed by atoms with van der Waals surface area (Å²) in [6, 6.07) is 0. The van der Waals surface area contributed by atoms with Crippen LogP contribution in [0.25, 0.3) is 0 Å². The van der Waals surface area contributed by atoms with Crippen LogP contribution in [0.5, 0.6) is 0 Å². The Morgan fingerprint density at radius 3 is 3.00 bits per heavy atom. The molecule has 2 heterocycles. The van der Waals surface area contributed by atoms with Crippen molar-refractivity contribution in [2.75, 3.05) is 13.2 Å². The van der Waals surface area contributed by atoms with Crippen molar-refractivity contribution >= 4 is 18.1 Å². The van der Waals surface area contributed by atoms with Crippen LogP contribution in [0, 0.1) is 10.7 Å². The zero-order chi connectivity index (χ0) is 14.1. The van der Waals surface area contributed by atoms with Crippen molar-refractivity contribution < 1.29 is 9.53 Å². The number of H-pyrrole nitrogens is 1. The molecule has 110 valence electrons. The van der Waals surface area contributed by atoms with Gasteiger partial charge in [-0.05, 0) is 37.4 Å². The Labute approximate surface area is 122 Å². The van der Waals surface area contributed by atoms with Crippen LogP contribution in [0.15, 0.2) is 0 Å². The van der Waals surface area contributed by atoms with Crippen molar-refractivity contribution in [1.29, 1.82) is 0 Å². The van der Waals surface area contributed by atoms with Crippen molar-refractivity contribution in [3.8, 4) is 0 Å². The molecule has 2 atom stereocenters. The number of carbonyl (C=O) groups is 1. The number of hydrogen-bond acceptors (Lipinski definition) is 4. The summed E-state index contributed by atoms with van der Waals surface area (Å²) in [7, 11) is 0. The molecular formula is C13H20N4O2S. The first-order valence-corrected chi connectivity index (χ1v) is 7.62. The standard InChI is InChI=1S/C13H20N4O2S/c1-8-4-7-19-10(8)12(18)14-5-6-17-11(9-2-3-9)15-16-13(17)20/h8-10H,2-7H2,1H3,(H,14,18)(H,16,20). The monoisotopic (exact) mass is 296 g/mol. The van der Waals surface area contributed by atoms with E-state index in [1.165, 1.54) is 12.8 Å². The molecule has 20 heavy (non-hydrogen) atoms. The van der Waals surface area contributed by atoms with Gasteiger partial charge in [0.25, 0.3) is 0 Å². The van der Waals surface area contributed by atoms with E-state index in [4.69, 9.17) is 17.0 Å². The third kappa shape index (κ3) is 2.78. The summed E-state index contributed by atoms with van der Waals surface area (Å²) in [5, 5.41) is 10.0. The van der Waals surface area contributed by atoms with Crippen LogP contribution in [0.1, 0.15) is 37.9 Å². The van der Waals surface area contributed by atoms with E-state index in [0.717, 1.165) is 12.2 Å². The van der Waals surface area contributed by atoms with Crippen LogP contribution in [-0.4, -0.2) is 39.9 Å². The van der Waals surface area contributed by atoms with Crippen molar-refractivity contribution in [1.82, 2.24) is 20.1 Å². The Hall–Kier alpha value is -1.21. The molecule has 1 saturated heterocycles. The average Bonchev–Trinajstić information content (AvgIpc) is 3.08. The lowest BCUT2D eigenvalue weighted by Crippen LogP contribution is -2.38. The molecule has 1 aromatic heterocycles. The summed E-state index contributed by atoms with van der Waals surface area (Å²) in [6.45, 7) is 3.94. The molecule has 2 N–H and O–H groups in total. The number of ether oxygens (including phenoxy) is 1. The Kier molecular flexibility index (Phi) is 3.89. The van der Waals surface area contributed by atoms with Crippen LogP contribution in [0.4, 0.5) is 0 Å². The predicted octanol–water partition coefficient (Wildman–Crippen LogP) is 1.36. The van der Waals surface area contributed by atoms with Gasteiger partial charge in [0.2, 0.25) is 5.91 Å². The Balaban J connectivity index is 1.54. The summed E-state index contributed by atoms with van der Waals surface area (Å²) in [4.78, 5) is 12.0. The van der Waals surface area contributed by atoms with Gasteiger partial charge in [-0.25, -0.2) is 0 Å². The molecule has 1 aromatic rings. The third-order valence-corrected chi connectivity index (χ3v) is 4.32. The fourth-order valence-electron chi connectivity index (χ4n) is 2.62. The minimum Gasteiger partial charge on any atom is -0.368 e. The number of nitrogens with one attached hydrogen (secondary N) is 2. The molecule has 0 aromatic carbocycles. The molecule has 0 bridgehead atoms. The normalized spacial score (nSPS) is 25.9. The molecular weight excluding hydrogens is 276 g/mol. The van der Waals surface area contributed by atoms with Crippen LogP contribution in [0.3, 0.4) is 0 Å². The van der Waals surface area contributed by atoms with E-state index in [-0.39, 0.29) is 12.0 Å². The van der Waals surface area contributed by atoms with Crippen molar-refractivity contribution in [3.63, 3.8) is 0 Å². The molecule has 1 aliphatic carbocycles. The van der Waals surface area contributed by atoms with Crippen molar-refractivity contribution in [3.05, 3.63) is 10.6 Å². The highest BCUT2D eigenvalue weighted by molar-refractivity contribution is 7.71. The maximum absolute atomic E-state index is 12.0. The van der Waals surface area contributed by atoms with E-state index in [1.54, 1.807) is 0 Å². The van der Waals surface area contributed by atoms with Gasteiger partial charge in [0.1, 0.15) is 11.9 Å². The fourth-order valence-corrected chi connectivity index (χ4v) is 2.85. The van der Waals surface area contributed by atoms with Gasteiger partial charge in [0.15, 0.2) is 4.77 Å². The molecule has 0 spiro atoms. The van der Waals surface area contributed by atoms with Crippen molar-refractivity contribution in [2.45, 2.75) is 44.8 Å². The van der Waals surface area contributed by atoms with Crippen LogP contribution in [0.2, 0.25) is 0 Å². The number of nitrogens with zero attached hydrogens (tertiary/aromatic N) is 2. The highest BCUT2D eigenvalue weighted by Gasteiger charge is 2.31. The van der Waals surface area contributed by atoms with Crippen molar-refractivity contribution in [2.24, 2.45) is 5.92 Å². The minimum absolute atomic E-state index is 0.0158. The third-order valence-electron chi connectivity index (χ3n) is 4.01. The lowest BCUT2D eigenvalue weighted by Gasteiger charge is -2.14. The van der Waals surface area contributed by atoms with Gasteiger partial charge in [-0.1, -0.05) is 6.92 Å². The Bertz CT molecular complexity index is 549. The molecule has 1 aliphatic heterocycles. The number of aromatic amines is 1. The van der Waals surface area contributed by atoms with Gasteiger partial charge in [0, 0.05) is 25.6 Å². The highest BCUT2D eigenvalue weighted by atomic mass is 32.1. The Morgan fingerprint density at radius 1 is 1.55 bits per heavy atom. The summed E-state index contributed by atoms with van der Waals surface area (Å²) < 4.78 is 8.08. The number of hydrogen-bond donors (Lipinski definition) is 2. The molecule has 2 aliphatic rings. The summed E-state index contributed by atoms with van der Waals surface area (Å²) in [6.07, 6.45) is 3.02. The van der Waals surface area contributed by atoms with E-state index in [9.17, 15) is 4.79 Å². The zero-order valence-electron chi connectivity index (χ0n) is 11.6. The van der Waals surface area contributed by atoms with Crippen LogP contribution in [-0.2, 0) is 16.1 Å². The maximum Gasteiger partial charge on any atom is 0.249 e. The first-order valence-electron chi connectivity index (χ1n) is 7.21. The van der Waals surface area contributed by atoms with E-state index < -0.39 is 0 Å². The molecule has 2 unspecified atom stereocenters. The summed E-state index contributed by atoms with van der Waals surface area (Å²) in [5.74, 6) is 1.85. The first kappa shape index (κ1) is 13.8. The second-order valence-electron chi connectivity index (χ2n) is 5.66. The van der Waals surface area contributed by atoms with E-state index >= 15 is 0 Å². The molecule has 3 rings (SSSR count). The highest BCUT2D eigenvalue weighted by Crippen LogP contribution is 2.38. The summed E-state index contributed by atoms with van der Waals surface area (Å²) >= 11 is 5.23. The van der Waals surface area contributed by atoms with Gasteiger partial charge in [-0.2, -0.15) is 5.10 Å². The number of rotatable bonds is 5. The molecule has 2 fully saturated rings. The van der Waals surface area contributed by atoms with Gasteiger partial charge in [-0.3, -0.25) is 9.89 Å². The van der Waals surface area contributed by atoms with Gasteiger partial charge in [0.05, 0.1) is 0 Å². The topological polar surface area (TPSA) is 71.9 Å². The largest absolute Gasteiger partial charge is 0.368 e. The lowest BCUT2D eigenvalue weighted by molar-refractivity contribution is -0.131. The maximum atomic E-state index is 12.0. The van der Waals surface area contributed by atoms with E-state index in [2.05, 4.69) is 22.4 Å². The summed E-state index contributed by atoms with van der Waals surface area (Å²) in [5.41, 5.74) is 0. The SMILES string of the molecule is CC1CCOC1C(=O)NCCn1c(C2CC2)n[nH]c1=S. The molecule has 7 heteroatoms. The predicted molar refractivity (Wildman–Crippen MR) is 75.9 cm³/mol. The van der Waals surface area contributed by atoms with Crippen LogP contribution < -0.4 is 5.32 Å². The molecule has 1 amide bonds. The lowest BCUT2D eigenvalue weighted by atomic mass is 10.0. The second-order valence-corrected chi connectivity index (χ2v) is 6.05. The van der Waals surface area contributed by atoms with Gasteiger partial charge >= 0.3 is 0 Å². The average molecular weight is 296 g/mol. The molecule has 6 nitrogen and oxygen atoms in total. The molecule has 1 saturated carbocycles. The Morgan fingerprint density at radius 2 is 2.35 bits per heavy atom. The zero-order valence-corrected chi connectivity index (χ0v) is 12.4. The minimum atomic E-state index is -0.296. The number of amides is 1. The van der Waals surface area contributed by atoms with Gasteiger partial charge in [-0.15, -0.1) is 0 Å². The van der Waals surface area contributed by atoms with E-state index in [1.807, 2.05) is 4.57 Å². The first-order chi connectivity index (χ1) is 9.66. The second kappa shape index (κ2) is 5.65. The fraction of sp³-hybridized carbons (Fsp3) is 0.769. The molecule has 0 radical (unpaired) electrons. The van der Waals surface area contributed by atoms with Crippen LogP contribution >= 0.6 is 12.2 Å². The quantitative estimate of drug-likeness (QED) is 0.805. The number of aromatic nitrogens is 3.